The van der Waals surface area contributed by atoms with Gasteiger partial charge in [0.15, 0.2) is 5.76 Å². The van der Waals surface area contributed by atoms with E-state index in [-0.39, 0.29) is 11.4 Å². The fourth-order valence-corrected chi connectivity index (χ4v) is 5.30. The Morgan fingerprint density at radius 3 is 2.44 bits per heavy atom. The summed E-state index contributed by atoms with van der Waals surface area (Å²) in [6, 6.07) is 16.5. The minimum absolute atomic E-state index is 0.118. The number of aryl methyl sites for hydroxylation is 3. The van der Waals surface area contributed by atoms with Crippen LogP contribution in [0.2, 0.25) is 0 Å². The van der Waals surface area contributed by atoms with Crippen molar-refractivity contribution >= 4 is 39.6 Å². The van der Waals surface area contributed by atoms with E-state index in [0.717, 1.165) is 27.6 Å². The molecule has 1 amide bonds. The molecule has 0 radical (unpaired) electrons. The van der Waals surface area contributed by atoms with Gasteiger partial charge in [0.1, 0.15) is 0 Å². The first-order valence-electron chi connectivity index (χ1n) is 10.3. The van der Waals surface area contributed by atoms with E-state index in [1.807, 2.05) is 79.5 Å². The van der Waals surface area contributed by atoms with Crippen LogP contribution in [0, 0.1) is 13.8 Å². The standard InChI is InChI=1S/C26H22N2O3S/c1-15-11-16(2)13-17(12-15)28-23(19-14-27(3)20-8-5-4-7-18(19)20)22(25(30)26(28)31)24(29)21-9-6-10-32-21/h4-14,23,30H,1-3H3. The number of anilines is 1. The highest BCUT2D eigenvalue weighted by atomic mass is 32.1. The molecule has 3 heterocycles. The van der Waals surface area contributed by atoms with Crippen LogP contribution in [0.25, 0.3) is 10.9 Å². The van der Waals surface area contributed by atoms with Gasteiger partial charge in [0.2, 0.25) is 5.78 Å². The normalized spacial score (nSPS) is 16.4. The molecule has 32 heavy (non-hydrogen) atoms. The summed E-state index contributed by atoms with van der Waals surface area (Å²) < 4.78 is 1.98. The number of para-hydroxylation sites is 1. The summed E-state index contributed by atoms with van der Waals surface area (Å²) in [6.07, 6.45) is 1.94. The monoisotopic (exact) mass is 442 g/mol. The molecule has 1 N–H and O–H groups in total. The molecule has 1 aliphatic heterocycles. The molecule has 0 aliphatic carbocycles. The Morgan fingerprint density at radius 2 is 1.75 bits per heavy atom. The Bertz CT molecular complexity index is 1390. The molecule has 1 unspecified atom stereocenters. The Balaban J connectivity index is 1.78. The highest BCUT2D eigenvalue weighted by molar-refractivity contribution is 7.12. The fourth-order valence-electron chi connectivity index (χ4n) is 4.62. The van der Waals surface area contributed by atoms with Crippen LogP contribution in [0.4, 0.5) is 5.69 Å². The quantitative estimate of drug-likeness (QED) is 0.416. The minimum Gasteiger partial charge on any atom is -0.503 e. The van der Waals surface area contributed by atoms with Crippen LogP contribution in [-0.4, -0.2) is 21.4 Å². The number of hydrogen-bond donors (Lipinski definition) is 1. The maximum Gasteiger partial charge on any atom is 0.294 e. The first kappa shape index (κ1) is 20.3. The predicted octanol–water partition coefficient (Wildman–Crippen LogP) is 5.64. The van der Waals surface area contributed by atoms with Gasteiger partial charge in [-0.2, -0.15) is 0 Å². The van der Waals surface area contributed by atoms with Crippen molar-refractivity contribution in [2.75, 3.05) is 4.90 Å². The number of hydrogen-bond acceptors (Lipinski definition) is 4. The van der Waals surface area contributed by atoms with Crippen molar-refractivity contribution < 1.29 is 14.7 Å². The van der Waals surface area contributed by atoms with Crippen molar-refractivity contribution in [3.05, 3.63) is 99.1 Å². The lowest BCUT2D eigenvalue weighted by Crippen LogP contribution is -2.31. The number of thiophene rings is 1. The minimum atomic E-state index is -0.732. The van der Waals surface area contributed by atoms with E-state index < -0.39 is 17.7 Å². The predicted molar refractivity (Wildman–Crippen MR) is 127 cm³/mol. The van der Waals surface area contributed by atoms with Crippen molar-refractivity contribution in [2.45, 2.75) is 19.9 Å². The van der Waals surface area contributed by atoms with Crippen molar-refractivity contribution in [2.24, 2.45) is 7.05 Å². The first-order valence-corrected chi connectivity index (χ1v) is 11.2. The van der Waals surface area contributed by atoms with Gasteiger partial charge in [-0.05, 0) is 54.6 Å². The number of aliphatic hydroxyl groups excluding tert-OH is 1. The van der Waals surface area contributed by atoms with Gasteiger partial charge in [-0.15, -0.1) is 11.3 Å². The zero-order chi connectivity index (χ0) is 22.6. The van der Waals surface area contributed by atoms with E-state index in [4.69, 9.17) is 0 Å². The molecule has 4 aromatic rings. The second kappa shape index (κ2) is 7.50. The summed E-state index contributed by atoms with van der Waals surface area (Å²) in [5.74, 6) is -1.37. The molecule has 0 bridgehead atoms. The van der Waals surface area contributed by atoms with Crippen LogP contribution in [0.3, 0.4) is 0 Å². The number of rotatable bonds is 4. The Morgan fingerprint density at radius 1 is 1.03 bits per heavy atom. The van der Waals surface area contributed by atoms with Crippen LogP contribution in [0.1, 0.15) is 32.4 Å². The summed E-state index contributed by atoms with van der Waals surface area (Å²) in [6.45, 7) is 3.93. The largest absolute Gasteiger partial charge is 0.503 e. The fraction of sp³-hybridized carbons (Fsp3) is 0.154. The van der Waals surface area contributed by atoms with Crippen LogP contribution in [0.15, 0.2) is 77.5 Å². The second-order valence-electron chi connectivity index (χ2n) is 8.20. The van der Waals surface area contributed by atoms with E-state index in [1.54, 1.807) is 17.0 Å². The molecule has 5 rings (SSSR count). The van der Waals surface area contributed by atoms with Crippen LogP contribution in [0.5, 0.6) is 0 Å². The maximum atomic E-state index is 13.5. The molecule has 0 saturated carbocycles. The lowest BCUT2D eigenvalue weighted by molar-refractivity contribution is -0.117. The Kier molecular flexibility index (Phi) is 4.75. The van der Waals surface area contributed by atoms with Gasteiger partial charge in [0.25, 0.3) is 5.91 Å². The highest BCUT2D eigenvalue weighted by Crippen LogP contribution is 2.45. The van der Waals surface area contributed by atoms with Crippen molar-refractivity contribution in [1.29, 1.82) is 0 Å². The molecule has 6 heteroatoms. The van der Waals surface area contributed by atoms with Gasteiger partial charge in [-0.3, -0.25) is 14.5 Å². The Labute approximate surface area is 189 Å². The number of fused-ring (bicyclic) bond motifs is 1. The van der Waals surface area contributed by atoms with E-state index in [1.165, 1.54) is 11.3 Å². The number of Topliss-reactive ketones (excluding diaryl/α,β-unsaturated/α-hetero) is 1. The van der Waals surface area contributed by atoms with Crippen LogP contribution < -0.4 is 4.90 Å². The molecule has 2 aromatic carbocycles. The molecule has 1 atom stereocenters. The van der Waals surface area contributed by atoms with Gasteiger partial charge in [0.05, 0.1) is 16.5 Å². The first-order chi connectivity index (χ1) is 15.4. The van der Waals surface area contributed by atoms with Gasteiger partial charge in [-0.25, -0.2) is 0 Å². The number of benzene rings is 2. The van der Waals surface area contributed by atoms with E-state index in [9.17, 15) is 14.7 Å². The van der Waals surface area contributed by atoms with Crippen molar-refractivity contribution in [3.63, 3.8) is 0 Å². The van der Waals surface area contributed by atoms with Gasteiger partial charge in [0, 0.05) is 35.4 Å². The third-order valence-electron chi connectivity index (χ3n) is 5.90. The van der Waals surface area contributed by atoms with Crippen molar-refractivity contribution in [1.82, 2.24) is 4.57 Å². The number of aliphatic hydroxyl groups is 1. The molecule has 0 spiro atoms. The lowest BCUT2D eigenvalue weighted by atomic mass is 9.94. The SMILES string of the molecule is Cc1cc(C)cc(N2C(=O)C(O)=C(C(=O)c3cccs3)C2c2cn(C)c3ccccc23)c1. The third kappa shape index (κ3) is 3.07. The number of amides is 1. The van der Waals surface area contributed by atoms with Gasteiger partial charge in [-0.1, -0.05) is 30.3 Å². The average Bonchev–Trinajstić information content (AvgIpc) is 3.46. The molecule has 1 aliphatic rings. The number of ketones is 1. The molecule has 160 valence electrons. The summed E-state index contributed by atoms with van der Waals surface area (Å²) in [4.78, 5) is 29.0. The molecule has 2 aromatic heterocycles. The highest BCUT2D eigenvalue weighted by Gasteiger charge is 2.45. The molecular formula is C26H22N2O3S. The topological polar surface area (TPSA) is 62.5 Å². The Hall–Kier alpha value is -3.64. The third-order valence-corrected chi connectivity index (χ3v) is 6.77. The summed E-state index contributed by atoms with van der Waals surface area (Å²) in [5, 5.41) is 13.7. The number of carbonyl (C=O) groups excluding carboxylic acids is 2. The lowest BCUT2D eigenvalue weighted by Gasteiger charge is -2.27. The number of carbonyl (C=O) groups is 2. The second-order valence-corrected chi connectivity index (χ2v) is 9.15. The zero-order valence-electron chi connectivity index (χ0n) is 18.0. The maximum absolute atomic E-state index is 13.5. The van der Waals surface area contributed by atoms with E-state index in [0.29, 0.717) is 10.6 Å². The summed E-state index contributed by atoms with van der Waals surface area (Å²) in [7, 11) is 1.94. The van der Waals surface area contributed by atoms with Crippen LogP contribution >= 0.6 is 11.3 Å². The molecule has 0 saturated heterocycles. The van der Waals surface area contributed by atoms with E-state index in [2.05, 4.69) is 0 Å². The number of nitrogens with zero attached hydrogens (tertiary/aromatic N) is 2. The molecule has 5 nitrogen and oxygen atoms in total. The van der Waals surface area contributed by atoms with Gasteiger partial charge < -0.3 is 9.67 Å². The molecular weight excluding hydrogens is 420 g/mol. The summed E-state index contributed by atoms with van der Waals surface area (Å²) in [5.41, 5.74) is 4.58. The number of aromatic nitrogens is 1. The van der Waals surface area contributed by atoms with Gasteiger partial charge >= 0.3 is 0 Å². The summed E-state index contributed by atoms with van der Waals surface area (Å²) >= 11 is 1.30. The zero-order valence-corrected chi connectivity index (χ0v) is 18.8. The van der Waals surface area contributed by atoms with Crippen molar-refractivity contribution in [3.8, 4) is 0 Å². The average molecular weight is 443 g/mol. The smallest absolute Gasteiger partial charge is 0.294 e. The molecule has 0 fully saturated rings. The van der Waals surface area contributed by atoms with E-state index >= 15 is 0 Å². The van der Waals surface area contributed by atoms with Crippen LogP contribution in [-0.2, 0) is 11.8 Å².